The predicted molar refractivity (Wildman–Crippen MR) is 104 cm³/mol. The average Bonchev–Trinajstić information content (AvgIpc) is 2.69. The lowest BCUT2D eigenvalue weighted by Crippen LogP contribution is -2.53. The number of aliphatic hydroxyl groups excluding tert-OH is 1. The smallest absolute Gasteiger partial charge is 0.222 e. The fourth-order valence-corrected chi connectivity index (χ4v) is 3.24. The number of benzene rings is 2. The molecule has 0 aromatic heterocycles. The van der Waals surface area contributed by atoms with Crippen molar-refractivity contribution in [3.63, 3.8) is 0 Å². The molecule has 0 spiro atoms. The molecule has 136 valence electrons. The van der Waals surface area contributed by atoms with Gasteiger partial charge in [-0.15, -0.1) is 0 Å². The maximum absolute atomic E-state index is 12.4. The van der Waals surface area contributed by atoms with Crippen LogP contribution in [-0.4, -0.2) is 41.1 Å². The van der Waals surface area contributed by atoms with Gasteiger partial charge in [-0.2, -0.15) is 0 Å². The van der Waals surface area contributed by atoms with Crippen LogP contribution in [0.25, 0.3) is 6.08 Å². The summed E-state index contributed by atoms with van der Waals surface area (Å²) in [5, 5.41) is 13.6. The van der Waals surface area contributed by atoms with Crippen molar-refractivity contribution in [2.24, 2.45) is 0 Å². The second-order valence-electron chi connectivity index (χ2n) is 6.70. The number of amides is 1. The van der Waals surface area contributed by atoms with E-state index in [1.165, 1.54) is 5.56 Å². The van der Waals surface area contributed by atoms with Crippen LogP contribution < -0.4 is 5.32 Å². The number of aliphatic hydroxyl groups is 1. The zero-order valence-electron chi connectivity index (χ0n) is 14.9. The number of hydrogen-bond acceptors (Lipinski definition) is 3. The first-order valence-electron chi connectivity index (χ1n) is 9.20. The molecule has 2 unspecified atom stereocenters. The molecule has 2 aromatic carbocycles. The van der Waals surface area contributed by atoms with Crippen molar-refractivity contribution < 1.29 is 9.90 Å². The van der Waals surface area contributed by atoms with Crippen LogP contribution in [0.5, 0.6) is 0 Å². The monoisotopic (exact) mass is 350 g/mol. The molecule has 0 bridgehead atoms. The van der Waals surface area contributed by atoms with Crippen LogP contribution >= 0.6 is 0 Å². The summed E-state index contributed by atoms with van der Waals surface area (Å²) >= 11 is 0. The normalized spacial score (nSPS) is 20.3. The molecule has 1 fully saturated rings. The molecule has 4 heteroatoms. The number of likely N-dealkylation sites (tertiary alicyclic amines) is 1. The molecule has 1 aliphatic heterocycles. The van der Waals surface area contributed by atoms with Crippen molar-refractivity contribution >= 4 is 12.0 Å². The SMILES string of the molecule is O=C(CCc1ccccc1)N1CCC(NC=Cc2ccccc2)C(O)C1. The van der Waals surface area contributed by atoms with Gasteiger partial charge in [-0.25, -0.2) is 0 Å². The highest BCUT2D eigenvalue weighted by Crippen LogP contribution is 2.14. The highest BCUT2D eigenvalue weighted by atomic mass is 16.3. The number of nitrogens with zero attached hydrogens (tertiary/aromatic N) is 1. The predicted octanol–water partition coefficient (Wildman–Crippen LogP) is 2.84. The van der Waals surface area contributed by atoms with E-state index in [1.807, 2.05) is 72.9 Å². The third kappa shape index (κ3) is 5.20. The number of β-amino-alcohol motifs (C(OH)–C–C–N with tert-alkyl or cyclic N) is 1. The number of carbonyl (C=O) groups is 1. The van der Waals surface area contributed by atoms with E-state index in [1.54, 1.807) is 4.90 Å². The number of hydrogen-bond donors (Lipinski definition) is 2. The van der Waals surface area contributed by atoms with Crippen molar-refractivity contribution in [1.29, 1.82) is 0 Å². The van der Waals surface area contributed by atoms with Crippen molar-refractivity contribution in [1.82, 2.24) is 10.2 Å². The van der Waals surface area contributed by atoms with Gasteiger partial charge in [0, 0.05) is 19.5 Å². The maximum Gasteiger partial charge on any atom is 0.222 e. The van der Waals surface area contributed by atoms with E-state index in [0.29, 0.717) is 19.5 Å². The molecule has 3 rings (SSSR count). The summed E-state index contributed by atoms with van der Waals surface area (Å²) in [6.07, 6.45) is 5.30. The third-order valence-electron chi connectivity index (χ3n) is 4.79. The van der Waals surface area contributed by atoms with Gasteiger partial charge in [0.25, 0.3) is 0 Å². The van der Waals surface area contributed by atoms with E-state index in [-0.39, 0.29) is 11.9 Å². The van der Waals surface area contributed by atoms with Crippen LogP contribution in [0.1, 0.15) is 24.0 Å². The lowest BCUT2D eigenvalue weighted by Gasteiger charge is -2.36. The third-order valence-corrected chi connectivity index (χ3v) is 4.79. The van der Waals surface area contributed by atoms with Crippen molar-refractivity contribution in [3.05, 3.63) is 78.0 Å². The number of aryl methyl sites for hydroxylation is 1. The van der Waals surface area contributed by atoms with E-state index in [9.17, 15) is 9.90 Å². The standard InChI is InChI=1S/C22H26N2O2/c25-21-17-24(22(26)12-11-18-7-3-1-4-8-18)16-14-20(21)23-15-13-19-9-5-2-6-10-19/h1-10,13,15,20-21,23,25H,11-12,14,16-17H2. The lowest BCUT2D eigenvalue weighted by atomic mass is 10.0. The zero-order valence-corrected chi connectivity index (χ0v) is 14.9. The van der Waals surface area contributed by atoms with Crippen LogP contribution in [0.3, 0.4) is 0 Å². The molecule has 1 aliphatic rings. The molecule has 1 amide bonds. The van der Waals surface area contributed by atoms with E-state index in [0.717, 1.165) is 18.4 Å². The lowest BCUT2D eigenvalue weighted by molar-refractivity contribution is -0.134. The Morgan fingerprint density at radius 3 is 2.50 bits per heavy atom. The molecule has 2 atom stereocenters. The Labute approximate surface area is 155 Å². The molecule has 2 aromatic rings. The van der Waals surface area contributed by atoms with Crippen molar-refractivity contribution in [2.45, 2.75) is 31.4 Å². The molecular formula is C22H26N2O2. The summed E-state index contributed by atoms with van der Waals surface area (Å²) in [7, 11) is 0. The van der Waals surface area contributed by atoms with E-state index in [2.05, 4.69) is 5.32 Å². The summed E-state index contributed by atoms with van der Waals surface area (Å²) in [5.74, 6) is 0.117. The summed E-state index contributed by atoms with van der Waals surface area (Å²) in [6, 6.07) is 20.0. The minimum Gasteiger partial charge on any atom is -0.389 e. The van der Waals surface area contributed by atoms with E-state index >= 15 is 0 Å². The van der Waals surface area contributed by atoms with Crippen LogP contribution in [0, 0.1) is 0 Å². The molecule has 0 aliphatic carbocycles. The second-order valence-corrected chi connectivity index (χ2v) is 6.70. The van der Waals surface area contributed by atoms with Crippen LogP contribution in [0.4, 0.5) is 0 Å². The molecule has 0 radical (unpaired) electrons. The van der Waals surface area contributed by atoms with Crippen LogP contribution in [0.2, 0.25) is 0 Å². The zero-order chi connectivity index (χ0) is 18.2. The van der Waals surface area contributed by atoms with E-state index in [4.69, 9.17) is 0 Å². The molecule has 0 saturated carbocycles. The Morgan fingerprint density at radius 1 is 1.12 bits per heavy atom. The summed E-state index contributed by atoms with van der Waals surface area (Å²) < 4.78 is 0. The Hall–Kier alpha value is -2.59. The first kappa shape index (κ1) is 18.2. The minimum absolute atomic E-state index is 0.0202. The van der Waals surface area contributed by atoms with Crippen LogP contribution in [0.15, 0.2) is 66.9 Å². The first-order valence-corrected chi connectivity index (χ1v) is 9.20. The van der Waals surface area contributed by atoms with Gasteiger partial charge in [0.15, 0.2) is 0 Å². The van der Waals surface area contributed by atoms with Gasteiger partial charge in [-0.05, 0) is 36.2 Å². The number of nitrogens with one attached hydrogen (secondary N) is 1. The van der Waals surface area contributed by atoms with Crippen molar-refractivity contribution in [3.8, 4) is 0 Å². The van der Waals surface area contributed by atoms with Crippen molar-refractivity contribution in [2.75, 3.05) is 13.1 Å². The Bertz CT molecular complexity index is 715. The fraction of sp³-hybridized carbons (Fsp3) is 0.318. The van der Waals surface area contributed by atoms with Gasteiger partial charge in [0.1, 0.15) is 0 Å². The van der Waals surface area contributed by atoms with Gasteiger partial charge >= 0.3 is 0 Å². The first-order chi connectivity index (χ1) is 12.7. The fourth-order valence-electron chi connectivity index (χ4n) is 3.24. The molecule has 1 heterocycles. The molecule has 1 saturated heterocycles. The topological polar surface area (TPSA) is 52.6 Å². The number of rotatable bonds is 6. The summed E-state index contributed by atoms with van der Waals surface area (Å²) in [5.41, 5.74) is 2.28. The number of piperidine rings is 1. The average molecular weight is 350 g/mol. The molecular weight excluding hydrogens is 324 g/mol. The van der Waals surface area contributed by atoms with Gasteiger partial charge in [0.2, 0.25) is 5.91 Å². The Morgan fingerprint density at radius 2 is 1.81 bits per heavy atom. The minimum atomic E-state index is -0.551. The van der Waals surface area contributed by atoms with Gasteiger partial charge in [0.05, 0.1) is 12.1 Å². The van der Waals surface area contributed by atoms with E-state index < -0.39 is 6.10 Å². The van der Waals surface area contributed by atoms with Gasteiger partial charge < -0.3 is 15.3 Å². The summed E-state index contributed by atoms with van der Waals surface area (Å²) in [6.45, 7) is 1.08. The van der Waals surface area contributed by atoms with Crippen LogP contribution in [-0.2, 0) is 11.2 Å². The Balaban J connectivity index is 1.44. The second kappa shape index (κ2) is 9.20. The molecule has 4 nitrogen and oxygen atoms in total. The highest BCUT2D eigenvalue weighted by molar-refractivity contribution is 5.76. The Kier molecular flexibility index (Phi) is 6.45. The quantitative estimate of drug-likeness (QED) is 0.842. The number of carbonyl (C=O) groups excluding carboxylic acids is 1. The maximum atomic E-state index is 12.4. The molecule has 2 N–H and O–H groups in total. The molecule has 26 heavy (non-hydrogen) atoms. The summed E-state index contributed by atoms with van der Waals surface area (Å²) in [4.78, 5) is 14.2. The van der Waals surface area contributed by atoms with Gasteiger partial charge in [-0.1, -0.05) is 60.7 Å². The highest BCUT2D eigenvalue weighted by Gasteiger charge is 2.29. The van der Waals surface area contributed by atoms with Gasteiger partial charge in [-0.3, -0.25) is 4.79 Å². The largest absolute Gasteiger partial charge is 0.389 e.